The van der Waals surface area contributed by atoms with Crippen LogP contribution in [-0.4, -0.2) is 23.6 Å². The SMILES string of the molecule is CCCOc1ccc(C[C@@H](Cc2ccccc2)C(=O)O)cc1CNC(=O)c1ccc(-c2ccc(F)cc2)cc1. The smallest absolute Gasteiger partial charge is 0.307 e. The van der Waals surface area contributed by atoms with Gasteiger partial charge in [-0.15, -0.1) is 0 Å². The van der Waals surface area contributed by atoms with Crippen molar-refractivity contribution in [2.24, 2.45) is 5.92 Å². The molecule has 4 rings (SSSR count). The third kappa shape index (κ3) is 7.77. The molecule has 4 aromatic carbocycles. The molecule has 0 fully saturated rings. The zero-order chi connectivity index (χ0) is 27.6. The van der Waals surface area contributed by atoms with Crippen LogP contribution in [0.5, 0.6) is 5.75 Å². The predicted molar refractivity (Wildman–Crippen MR) is 150 cm³/mol. The highest BCUT2D eigenvalue weighted by molar-refractivity contribution is 5.94. The standard InChI is InChI=1S/C33H32FNO4/c1-2-18-39-31-17-8-24(20-28(33(37)38)19-23-6-4-3-5-7-23)21-29(31)22-35-32(36)27-11-9-25(10-12-27)26-13-15-30(34)16-14-26/h3-17,21,28H,2,18-20,22H2,1H3,(H,35,36)(H,37,38)/t28-/m1/s1. The zero-order valence-corrected chi connectivity index (χ0v) is 21.9. The Morgan fingerprint density at radius 2 is 1.49 bits per heavy atom. The molecule has 200 valence electrons. The molecule has 0 bridgehead atoms. The second-order valence-corrected chi connectivity index (χ2v) is 9.49. The van der Waals surface area contributed by atoms with Gasteiger partial charge in [0.25, 0.3) is 5.91 Å². The van der Waals surface area contributed by atoms with Gasteiger partial charge in [-0.1, -0.05) is 73.7 Å². The maximum Gasteiger partial charge on any atom is 0.307 e. The number of aliphatic carboxylic acids is 1. The average molecular weight is 526 g/mol. The number of nitrogens with one attached hydrogen (secondary N) is 1. The Kier molecular flexibility index (Phi) is 9.46. The van der Waals surface area contributed by atoms with Crippen LogP contribution >= 0.6 is 0 Å². The minimum Gasteiger partial charge on any atom is -0.493 e. The zero-order valence-electron chi connectivity index (χ0n) is 21.9. The van der Waals surface area contributed by atoms with Crippen LogP contribution in [0.2, 0.25) is 0 Å². The Bertz CT molecular complexity index is 1390. The summed E-state index contributed by atoms with van der Waals surface area (Å²) in [6.07, 6.45) is 1.64. The largest absolute Gasteiger partial charge is 0.493 e. The number of hydrogen-bond donors (Lipinski definition) is 2. The lowest BCUT2D eigenvalue weighted by molar-refractivity contribution is -0.141. The van der Waals surface area contributed by atoms with Gasteiger partial charge in [-0.2, -0.15) is 0 Å². The molecule has 5 nitrogen and oxygen atoms in total. The van der Waals surface area contributed by atoms with Gasteiger partial charge in [0.1, 0.15) is 11.6 Å². The van der Waals surface area contributed by atoms with Crippen LogP contribution in [-0.2, 0) is 24.2 Å². The number of halogens is 1. The van der Waals surface area contributed by atoms with E-state index in [1.807, 2.05) is 67.6 Å². The number of carbonyl (C=O) groups excluding carboxylic acids is 1. The third-order valence-corrected chi connectivity index (χ3v) is 6.51. The first kappa shape index (κ1) is 27.6. The van der Waals surface area contributed by atoms with Crippen LogP contribution < -0.4 is 10.1 Å². The molecule has 1 atom stereocenters. The summed E-state index contributed by atoms with van der Waals surface area (Å²) in [6, 6.07) is 28.6. The van der Waals surface area contributed by atoms with Crippen LogP contribution in [0.25, 0.3) is 11.1 Å². The van der Waals surface area contributed by atoms with Crippen LogP contribution in [0.4, 0.5) is 4.39 Å². The van der Waals surface area contributed by atoms with E-state index < -0.39 is 11.9 Å². The fraction of sp³-hybridized carbons (Fsp3) is 0.212. The maximum absolute atomic E-state index is 13.2. The van der Waals surface area contributed by atoms with Crippen molar-refractivity contribution in [2.45, 2.75) is 32.7 Å². The van der Waals surface area contributed by atoms with Crippen molar-refractivity contribution in [1.29, 1.82) is 0 Å². The van der Waals surface area contributed by atoms with Crippen molar-refractivity contribution >= 4 is 11.9 Å². The molecule has 0 aliphatic carbocycles. The van der Waals surface area contributed by atoms with Gasteiger partial charge in [0, 0.05) is 17.7 Å². The van der Waals surface area contributed by atoms with Crippen LogP contribution in [0, 0.1) is 11.7 Å². The lowest BCUT2D eigenvalue weighted by atomic mass is 9.92. The monoisotopic (exact) mass is 525 g/mol. The molecule has 4 aromatic rings. The Labute approximate surface area is 228 Å². The van der Waals surface area contributed by atoms with Crippen molar-refractivity contribution in [3.8, 4) is 16.9 Å². The fourth-order valence-corrected chi connectivity index (χ4v) is 4.41. The van der Waals surface area contributed by atoms with E-state index in [4.69, 9.17) is 4.74 Å². The quantitative estimate of drug-likeness (QED) is 0.216. The van der Waals surface area contributed by atoms with E-state index in [-0.39, 0.29) is 18.3 Å². The summed E-state index contributed by atoms with van der Waals surface area (Å²) in [4.78, 5) is 24.9. The van der Waals surface area contributed by atoms with Gasteiger partial charge in [0.05, 0.1) is 12.5 Å². The van der Waals surface area contributed by atoms with Gasteiger partial charge in [-0.05, 0) is 71.8 Å². The van der Waals surface area contributed by atoms with E-state index in [0.29, 0.717) is 30.8 Å². The number of ether oxygens (including phenoxy) is 1. The molecular weight excluding hydrogens is 493 g/mol. The first-order chi connectivity index (χ1) is 18.9. The number of carboxylic acid groups (broad SMARTS) is 1. The highest BCUT2D eigenvalue weighted by atomic mass is 19.1. The Morgan fingerprint density at radius 3 is 2.13 bits per heavy atom. The molecule has 0 spiro atoms. The van der Waals surface area contributed by atoms with Gasteiger partial charge in [0.15, 0.2) is 0 Å². The lowest BCUT2D eigenvalue weighted by Crippen LogP contribution is -2.23. The van der Waals surface area contributed by atoms with Gasteiger partial charge in [0.2, 0.25) is 0 Å². The number of benzene rings is 4. The molecule has 0 heterocycles. The molecule has 1 amide bonds. The van der Waals surface area contributed by atoms with Crippen molar-refractivity contribution in [1.82, 2.24) is 5.32 Å². The summed E-state index contributed by atoms with van der Waals surface area (Å²) in [7, 11) is 0. The number of hydrogen-bond acceptors (Lipinski definition) is 3. The van der Waals surface area contributed by atoms with Crippen molar-refractivity contribution in [3.63, 3.8) is 0 Å². The van der Waals surface area contributed by atoms with Crippen molar-refractivity contribution < 1.29 is 23.8 Å². The molecule has 0 aliphatic rings. The topological polar surface area (TPSA) is 75.6 Å². The van der Waals surface area contributed by atoms with Crippen LogP contribution in [0.15, 0.2) is 97.1 Å². The molecule has 39 heavy (non-hydrogen) atoms. The maximum atomic E-state index is 13.2. The number of rotatable bonds is 12. The van der Waals surface area contributed by atoms with E-state index in [1.54, 1.807) is 24.3 Å². The van der Waals surface area contributed by atoms with Crippen LogP contribution in [0.3, 0.4) is 0 Å². The first-order valence-corrected chi connectivity index (χ1v) is 13.1. The van der Waals surface area contributed by atoms with Crippen LogP contribution in [0.1, 0.15) is 40.4 Å². The summed E-state index contributed by atoms with van der Waals surface area (Å²) in [6.45, 7) is 2.80. The summed E-state index contributed by atoms with van der Waals surface area (Å²) < 4.78 is 19.1. The van der Waals surface area contributed by atoms with Gasteiger partial charge < -0.3 is 15.2 Å². The average Bonchev–Trinajstić information content (AvgIpc) is 2.96. The van der Waals surface area contributed by atoms with Crippen molar-refractivity contribution in [2.75, 3.05) is 6.61 Å². The molecule has 0 unspecified atom stereocenters. The summed E-state index contributed by atoms with van der Waals surface area (Å²) >= 11 is 0. The molecule has 2 N–H and O–H groups in total. The Morgan fingerprint density at radius 1 is 0.846 bits per heavy atom. The van der Waals surface area contributed by atoms with Gasteiger partial charge in [-0.3, -0.25) is 9.59 Å². The third-order valence-electron chi connectivity index (χ3n) is 6.51. The number of carboxylic acids is 1. The number of amides is 1. The minimum absolute atomic E-state index is 0.236. The highest BCUT2D eigenvalue weighted by Gasteiger charge is 2.20. The molecule has 6 heteroatoms. The normalized spacial score (nSPS) is 11.5. The highest BCUT2D eigenvalue weighted by Crippen LogP contribution is 2.24. The molecule has 0 aliphatic heterocycles. The predicted octanol–water partition coefficient (Wildman–Crippen LogP) is 6.70. The summed E-state index contributed by atoms with van der Waals surface area (Å²) in [5, 5.41) is 12.8. The Hall–Kier alpha value is -4.45. The van der Waals surface area contributed by atoms with E-state index in [0.717, 1.165) is 34.2 Å². The van der Waals surface area contributed by atoms with E-state index in [1.165, 1.54) is 12.1 Å². The molecule has 0 aromatic heterocycles. The second kappa shape index (κ2) is 13.4. The molecule has 0 saturated carbocycles. The Balaban J connectivity index is 1.46. The molecular formula is C33H32FNO4. The first-order valence-electron chi connectivity index (χ1n) is 13.1. The van der Waals surface area contributed by atoms with Crippen molar-refractivity contribution in [3.05, 3.63) is 125 Å². The van der Waals surface area contributed by atoms with E-state index >= 15 is 0 Å². The fourth-order valence-electron chi connectivity index (χ4n) is 4.41. The summed E-state index contributed by atoms with van der Waals surface area (Å²) in [5.41, 5.74) is 4.89. The second-order valence-electron chi connectivity index (χ2n) is 9.49. The molecule has 0 saturated heterocycles. The van der Waals surface area contributed by atoms with E-state index in [2.05, 4.69) is 5.32 Å². The van der Waals surface area contributed by atoms with E-state index in [9.17, 15) is 19.1 Å². The minimum atomic E-state index is -0.843. The number of carbonyl (C=O) groups is 2. The van der Waals surface area contributed by atoms with Gasteiger partial charge >= 0.3 is 5.97 Å². The van der Waals surface area contributed by atoms with Gasteiger partial charge in [-0.25, -0.2) is 4.39 Å². The lowest BCUT2D eigenvalue weighted by Gasteiger charge is -2.16. The summed E-state index contributed by atoms with van der Waals surface area (Å²) in [5.74, 6) is -1.28. The molecule has 0 radical (unpaired) electrons.